The zero-order chi connectivity index (χ0) is 15.4. The van der Waals surface area contributed by atoms with Crippen LogP contribution in [0.15, 0.2) is 4.79 Å². The molecule has 1 amide bonds. The average Bonchev–Trinajstić information content (AvgIpc) is 3.14. The maximum atomic E-state index is 12.6. The average molecular weight is 300 g/mol. The molecule has 1 aliphatic heterocycles. The summed E-state index contributed by atoms with van der Waals surface area (Å²) in [6.45, 7) is 2.36. The van der Waals surface area contributed by atoms with Crippen molar-refractivity contribution in [2.75, 3.05) is 0 Å². The minimum absolute atomic E-state index is 0.128. The molecule has 1 saturated carbocycles. The number of carbonyl (C=O) groups is 1. The maximum Gasteiger partial charge on any atom is 0.292 e. The van der Waals surface area contributed by atoms with Crippen molar-refractivity contribution in [3.8, 4) is 0 Å². The highest BCUT2D eigenvalue weighted by molar-refractivity contribution is 5.91. The van der Waals surface area contributed by atoms with Crippen molar-refractivity contribution in [1.29, 1.82) is 0 Å². The monoisotopic (exact) mass is 300 g/mol. The fourth-order valence-electron chi connectivity index (χ4n) is 2.82. The fraction of sp³-hybridized carbons (Fsp3) is 0.500. The molecule has 1 N–H and O–H groups in total. The van der Waals surface area contributed by atoms with E-state index in [0.29, 0.717) is 29.5 Å². The van der Waals surface area contributed by atoms with E-state index in [2.05, 4.69) is 20.1 Å². The number of amides is 1. The number of rotatable bonds is 2. The van der Waals surface area contributed by atoms with Gasteiger partial charge in [-0.2, -0.15) is 5.10 Å². The van der Waals surface area contributed by atoms with E-state index in [1.54, 1.807) is 18.9 Å². The molecule has 0 unspecified atom stereocenters. The molecule has 0 atom stereocenters. The van der Waals surface area contributed by atoms with Crippen molar-refractivity contribution in [3.05, 3.63) is 39.1 Å². The van der Waals surface area contributed by atoms with Crippen LogP contribution < -0.4 is 5.56 Å². The summed E-state index contributed by atoms with van der Waals surface area (Å²) in [7, 11) is 1.69. The van der Waals surface area contributed by atoms with Gasteiger partial charge in [0.05, 0.1) is 24.3 Å². The highest BCUT2D eigenvalue weighted by Gasteiger charge is 2.33. The van der Waals surface area contributed by atoms with Crippen molar-refractivity contribution in [2.24, 2.45) is 7.05 Å². The number of aromatic nitrogens is 5. The number of hydrogen-bond donors (Lipinski definition) is 1. The minimum atomic E-state index is -0.228. The Bertz CT molecular complexity index is 832. The Kier molecular flexibility index (Phi) is 2.69. The number of nitrogens with zero attached hydrogens (tertiary/aromatic N) is 5. The van der Waals surface area contributed by atoms with Crippen molar-refractivity contribution >= 4 is 5.91 Å². The topological polar surface area (TPSA) is 96.8 Å². The van der Waals surface area contributed by atoms with E-state index in [-0.39, 0.29) is 23.8 Å². The van der Waals surface area contributed by atoms with Gasteiger partial charge in [0.25, 0.3) is 11.5 Å². The van der Waals surface area contributed by atoms with Gasteiger partial charge in [-0.3, -0.25) is 9.59 Å². The first-order valence-electron chi connectivity index (χ1n) is 7.32. The Hall–Kier alpha value is -2.51. The summed E-state index contributed by atoms with van der Waals surface area (Å²) in [5, 5.41) is 4.09. The van der Waals surface area contributed by atoms with Crippen LogP contribution in [0.1, 0.15) is 52.3 Å². The molecule has 22 heavy (non-hydrogen) atoms. The third kappa shape index (κ3) is 2.02. The normalized spacial score (nSPS) is 16.9. The van der Waals surface area contributed by atoms with Crippen molar-refractivity contribution in [1.82, 2.24) is 29.6 Å². The Balaban J connectivity index is 1.64. The lowest BCUT2D eigenvalue weighted by atomic mass is 10.2. The lowest BCUT2D eigenvalue weighted by Crippen LogP contribution is -2.28. The molecule has 2 aromatic rings. The molecule has 8 nitrogen and oxygen atoms in total. The molecule has 0 saturated heterocycles. The van der Waals surface area contributed by atoms with Crippen molar-refractivity contribution < 1.29 is 4.79 Å². The van der Waals surface area contributed by atoms with Gasteiger partial charge in [0.1, 0.15) is 11.6 Å². The SMILES string of the molecule is Cc1nc(C(=O)N2Cc3nc(C4CC4)[nH]c(=O)c3C2)n(C)n1. The molecule has 0 aromatic carbocycles. The standard InChI is InChI=1S/C14H16N6O2/c1-7-15-12(19(2)18-7)14(22)20-5-9-10(6-20)16-11(8-3-4-8)17-13(9)21/h8H,3-6H2,1-2H3,(H,16,17,21). The number of fused-ring (bicyclic) bond motifs is 1. The molecule has 2 aliphatic rings. The lowest BCUT2D eigenvalue weighted by Gasteiger charge is -2.13. The zero-order valence-electron chi connectivity index (χ0n) is 12.5. The largest absolute Gasteiger partial charge is 0.325 e. The Morgan fingerprint density at radius 1 is 1.27 bits per heavy atom. The second kappa shape index (κ2) is 4.49. The molecule has 8 heteroatoms. The molecule has 3 heterocycles. The number of nitrogens with one attached hydrogen (secondary N) is 1. The summed E-state index contributed by atoms with van der Waals surface area (Å²) in [4.78, 5) is 37.9. The summed E-state index contributed by atoms with van der Waals surface area (Å²) < 4.78 is 1.47. The molecule has 0 spiro atoms. The molecule has 114 valence electrons. The fourth-order valence-corrected chi connectivity index (χ4v) is 2.82. The molecule has 2 aromatic heterocycles. The van der Waals surface area contributed by atoms with Gasteiger partial charge in [-0.05, 0) is 19.8 Å². The van der Waals surface area contributed by atoms with E-state index in [9.17, 15) is 9.59 Å². The first kappa shape index (κ1) is 13.2. The van der Waals surface area contributed by atoms with Crippen LogP contribution in [-0.4, -0.2) is 35.5 Å². The van der Waals surface area contributed by atoms with Gasteiger partial charge in [-0.25, -0.2) is 14.6 Å². The second-order valence-electron chi connectivity index (χ2n) is 5.92. The summed E-state index contributed by atoms with van der Waals surface area (Å²) in [6, 6.07) is 0. The van der Waals surface area contributed by atoms with Gasteiger partial charge in [0, 0.05) is 13.0 Å². The molecule has 1 fully saturated rings. The highest BCUT2D eigenvalue weighted by Crippen LogP contribution is 2.38. The third-order valence-corrected chi connectivity index (χ3v) is 4.12. The van der Waals surface area contributed by atoms with Crippen LogP contribution in [0.5, 0.6) is 0 Å². The molecular weight excluding hydrogens is 284 g/mol. The summed E-state index contributed by atoms with van der Waals surface area (Å²) in [5.41, 5.74) is 1.16. The lowest BCUT2D eigenvalue weighted by molar-refractivity contribution is 0.0732. The van der Waals surface area contributed by atoms with Gasteiger partial charge in [-0.1, -0.05) is 0 Å². The van der Waals surface area contributed by atoms with Crippen LogP contribution in [0.2, 0.25) is 0 Å². The predicted molar refractivity (Wildman–Crippen MR) is 76.2 cm³/mol. The van der Waals surface area contributed by atoms with Gasteiger partial charge < -0.3 is 9.88 Å². The van der Waals surface area contributed by atoms with Crippen LogP contribution in [0.4, 0.5) is 0 Å². The Morgan fingerprint density at radius 2 is 2.05 bits per heavy atom. The summed E-state index contributed by atoms with van der Waals surface area (Å²) in [5.74, 6) is 1.74. The van der Waals surface area contributed by atoms with Crippen LogP contribution in [0.3, 0.4) is 0 Å². The summed E-state index contributed by atoms with van der Waals surface area (Å²) in [6.07, 6.45) is 2.14. The van der Waals surface area contributed by atoms with Crippen LogP contribution in [0.25, 0.3) is 0 Å². The first-order chi connectivity index (χ1) is 10.5. The number of aryl methyl sites for hydroxylation is 2. The smallest absolute Gasteiger partial charge is 0.292 e. The number of carbonyl (C=O) groups excluding carboxylic acids is 1. The minimum Gasteiger partial charge on any atom is -0.325 e. The number of H-pyrrole nitrogens is 1. The second-order valence-corrected chi connectivity index (χ2v) is 5.92. The van der Waals surface area contributed by atoms with Crippen LogP contribution >= 0.6 is 0 Å². The van der Waals surface area contributed by atoms with Gasteiger partial charge in [0.2, 0.25) is 5.82 Å². The molecule has 1 aliphatic carbocycles. The first-order valence-corrected chi connectivity index (χ1v) is 7.32. The number of aromatic amines is 1. The van der Waals surface area contributed by atoms with E-state index >= 15 is 0 Å². The Morgan fingerprint density at radius 3 is 2.68 bits per heavy atom. The van der Waals surface area contributed by atoms with Gasteiger partial charge >= 0.3 is 0 Å². The highest BCUT2D eigenvalue weighted by atomic mass is 16.2. The number of hydrogen-bond acceptors (Lipinski definition) is 5. The van der Waals surface area contributed by atoms with Crippen molar-refractivity contribution in [2.45, 2.75) is 38.8 Å². The van der Waals surface area contributed by atoms with E-state index in [4.69, 9.17) is 0 Å². The van der Waals surface area contributed by atoms with Gasteiger partial charge in [-0.15, -0.1) is 0 Å². The van der Waals surface area contributed by atoms with E-state index < -0.39 is 0 Å². The molecule has 0 bridgehead atoms. The summed E-state index contributed by atoms with van der Waals surface area (Å²) >= 11 is 0. The van der Waals surface area contributed by atoms with E-state index in [1.165, 1.54) is 4.68 Å². The zero-order valence-corrected chi connectivity index (χ0v) is 12.5. The predicted octanol–water partition coefficient (Wildman–Crippen LogP) is 0.240. The quantitative estimate of drug-likeness (QED) is 0.857. The van der Waals surface area contributed by atoms with Crippen LogP contribution in [0, 0.1) is 6.92 Å². The molecule has 0 radical (unpaired) electrons. The maximum absolute atomic E-state index is 12.6. The van der Waals surface area contributed by atoms with Crippen molar-refractivity contribution in [3.63, 3.8) is 0 Å². The molecule has 4 rings (SSSR count). The van der Waals surface area contributed by atoms with Gasteiger partial charge in [0.15, 0.2) is 0 Å². The van der Waals surface area contributed by atoms with E-state index in [0.717, 1.165) is 18.7 Å². The third-order valence-electron chi connectivity index (χ3n) is 4.12. The Labute approximate surface area is 126 Å². The van der Waals surface area contributed by atoms with E-state index in [1.807, 2.05) is 0 Å². The molecular formula is C14H16N6O2. The van der Waals surface area contributed by atoms with Crippen LogP contribution in [-0.2, 0) is 20.1 Å².